The van der Waals surface area contributed by atoms with E-state index in [1.54, 1.807) is 6.92 Å². The Bertz CT molecular complexity index is 1210. The Hall–Kier alpha value is -3.31. The van der Waals surface area contributed by atoms with E-state index >= 15 is 0 Å². The summed E-state index contributed by atoms with van der Waals surface area (Å²) in [5, 5.41) is 7.45. The van der Waals surface area contributed by atoms with E-state index in [2.05, 4.69) is 16.5 Å². The Morgan fingerprint density at radius 3 is 2.64 bits per heavy atom. The Morgan fingerprint density at radius 2 is 1.97 bits per heavy atom. The highest BCUT2D eigenvalue weighted by molar-refractivity contribution is 8.14. The van der Waals surface area contributed by atoms with Crippen molar-refractivity contribution in [2.75, 3.05) is 36.2 Å². The van der Waals surface area contributed by atoms with Crippen molar-refractivity contribution < 1.29 is 23.9 Å². The average Bonchev–Trinajstić information content (AvgIpc) is 3.23. The highest BCUT2D eigenvalue weighted by Crippen LogP contribution is 2.36. The molecule has 2 heterocycles. The minimum atomic E-state index is -0.591. The molecule has 1 aromatic heterocycles. The molecule has 0 fully saturated rings. The van der Waals surface area contributed by atoms with Crippen molar-refractivity contribution >= 4 is 62.4 Å². The molecule has 1 amide bonds. The summed E-state index contributed by atoms with van der Waals surface area (Å²) in [4.78, 5) is 40.3. The van der Waals surface area contributed by atoms with Crippen LogP contribution < -0.4 is 16.1 Å². The summed E-state index contributed by atoms with van der Waals surface area (Å²) in [5.74, 6) is 4.17. The molecule has 11 heteroatoms. The van der Waals surface area contributed by atoms with Gasteiger partial charge < -0.3 is 25.5 Å². The van der Waals surface area contributed by atoms with Crippen LogP contribution in [0.5, 0.6) is 0 Å². The van der Waals surface area contributed by atoms with Gasteiger partial charge in [0.1, 0.15) is 9.88 Å². The van der Waals surface area contributed by atoms with Crippen LogP contribution in [-0.4, -0.2) is 49.0 Å². The SMILES string of the molecule is CCCc1c(C(=O)OC)sc(NC(=O)CS/C(=N/N)N2CC=C(C)c3ccccc32)c1C(=O)OCC. The lowest BCUT2D eigenvalue weighted by atomic mass is 10.0. The molecule has 0 saturated heterocycles. The van der Waals surface area contributed by atoms with Gasteiger partial charge in [-0.25, -0.2) is 9.59 Å². The first-order valence-electron chi connectivity index (χ1n) is 11.5. The van der Waals surface area contributed by atoms with Gasteiger partial charge in [0, 0.05) is 12.1 Å². The van der Waals surface area contributed by atoms with Crippen molar-refractivity contribution in [2.45, 2.75) is 33.6 Å². The van der Waals surface area contributed by atoms with Crippen LogP contribution in [0.3, 0.4) is 0 Å². The van der Waals surface area contributed by atoms with Crippen molar-refractivity contribution in [1.29, 1.82) is 0 Å². The summed E-state index contributed by atoms with van der Waals surface area (Å²) < 4.78 is 10.1. The number of carbonyl (C=O) groups excluding carboxylic acids is 3. The van der Waals surface area contributed by atoms with E-state index in [0.717, 1.165) is 28.2 Å². The molecule has 1 aliphatic heterocycles. The Morgan fingerprint density at radius 1 is 1.22 bits per heavy atom. The number of nitrogens with two attached hydrogens (primary N) is 1. The summed E-state index contributed by atoms with van der Waals surface area (Å²) in [6, 6.07) is 7.92. The lowest BCUT2D eigenvalue weighted by Crippen LogP contribution is -2.33. The molecule has 0 radical (unpaired) electrons. The number of ether oxygens (including phenoxy) is 2. The summed E-state index contributed by atoms with van der Waals surface area (Å²) in [6.07, 6.45) is 3.23. The molecule has 0 bridgehead atoms. The fourth-order valence-electron chi connectivity index (χ4n) is 3.86. The number of anilines is 2. The largest absolute Gasteiger partial charge is 0.465 e. The van der Waals surface area contributed by atoms with Crippen molar-refractivity contribution in [3.63, 3.8) is 0 Å². The number of allylic oxidation sites excluding steroid dienone is 1. The smallest absolute Gasteiger partial charge is 0.348 e. The third kappa shape index (κ3) is 5.90. The van der Waals surface area contributed by atoms with Crippen LogP contribution in [0.15, 0.2) is 35.4 Å². The number of thioether (sulfide) groups is 1. The van der Waals surface area contributed by atoms with Crippen LogP contribution in [0.2, 0.25) is 0 Å². The second-order valence-corrected chi connectivity index (χ2v) is 9.80. The van der Waals surface area contributed by atoms with Crippen molar-refractivity contribution in [3.05, 3.63) is 51.9 Å². The third-order valence-corrected chi connectivity index (χ3v) is 7.60. The maximum absolute atomic E-state index is 12.9. The first-order valence-corrected chi connectivity index (χ1v) is 13.3. The molecule has 0 atom stereocenters. The number of hydrazone groups is 1. The second kappa shape index (κ2) is 12.6. The number of hydrogen-bond acceptors (Lipinski definition) is 9. The number of amidine groups is 1. The molecule has 36 heavy (non-hydrogen) atoms. The lowest BCUT2D eigenvalue weighted by Gasteiger charge is -2.30. The molecular weight excluding hydrogens is 500 g/mol. The summed E-state index contributed by atoms with van der Waals surface area (Å²) in [6.45, 7) is 6.43. The molecule has 0 unspecified atom stereocenters. The van der Waals surface area contributed by atoms with E-state index in [1.807, 2.05) is 43.0 Å². The van der Waals surface area contributed by atoms with Gasteiger partial charge in [0.25, 0.3) is 0 Å². The van der Waals surface area contributed by atoms with Crippen LogP contribution in [-0.2, 0) is 20.7 Å². The number of para-hydroxylation sites is 1. The van der Waals surface area contributed by atoms with Crippen LogP contribution >= 0.6 is 23.1 Å². The van der Waals surface area contributed by atoms with Gasteiger partial charge >= 0.3 is 11.9 Å². The number of nitrogens with zero attached hydrogens (tertiary/aromatic N) is 2. The van der Waals surface area contributed by atoms with Crippen molar-refractivity contribution in [1.82, 2.24) is 0 Å². The minimum absolute atomic E-state index is 0.00572. The minimum Gasteiger partial charge on any atom is -0.465 e. The number of benzene rings is 1. The number of thiophene rings is 1. The highest BCUT2D eigenvalue weighted by Gasteiger charge is 2.29. The number of fused-ring (bicyclic) bond motifs is 1. The number of esters is 2. The first kappa shape index (κ1) is 27.3. The maximum Gasteiger partial charge on any atom is 0.348 e. The zero-order valence-corrected chi connectivity index (χ0v) is 22.4. The van der Waals surface area contributed by atoms with Crippen LogP contribution in [0.4, 0.5) is 10.7 Å². The Labute approximate surface area is 218 Å². The molecule has 3 rings (SSSR count). The van der Waals surface area contributed by atoms with Gasteiger partial charge in [-0.2, -0.15) is 5.10 Å². The number of methoxy groups -OCH3 is 1. The average molecular weight is 531 g/mol. The van der Waals surface area contributed by atoms with E-state index in [0.29, 0.717) is 30.1 Å². The lowest BCUT2D eigenvalue weighted by molar-refractivity contribution is -0.113. The van der Waals surface area contributed by atoms with Crippen LogP contribution in [0, 0.1) is 0 Å². The standard InChI is InChI=1S/C25H30N4O5S2/c1-5-9-17-20(23(31)34-6-2)22(36-21(17)24(32)33-4)27-19(30)14-35-25(28-26)29-13-12-15(3)16-10-7-8-11-18(16)29/h7-8,10-12H,5-6,9,13-14,26H2,1-4H3,(H,27,30)/b28-25+. The van der Waals surface area contributed by atoms with Gasteiger partial charge in [-0.15, -0.1) is 11.3 Å². The van der Waals surface area contributed by atoms with E-state index in [-0.39, 0.29) is 33.7 Å². The molecule has 0 aliphatic carbocycles. The fourth-order valence-corrected chi connectivity index (χ4v) is 5.76. The maximum atomic E-state index is 12.9. The van der Waals surface area contributed by atoms with Crippen LogP contribution in [0.25, 0.3) is 5.57 Å². The molecule has 3 N–H and O–H groups in total. The zero-order chi connectivity index (χ0) is 26.2. The monoisotopic (exact) mass is 530 g/mol. The predicted octanol–water partition coefficient (Wildman–Crippen LogP) is 4.49. The van der Waals surface area contributed by atoms with Gasteiger partial charge in [0.05, 0.1) is 30.7 Å². The fraction of sp³-hybridized carbons (Fsp3) is 0.360. The predicted molar refractivity (Wildman–Crippen MR) is 146 cm³/mol. The van der Waals surface area contributed by atoms with E-state index in [9.17, 15) is 14.4 Å². The molecule has 1 aliphatic rings. The third-order valence-electron chi connectivity index (χ3n) is 5.48. The van der Waals surface area contributed by atoms with Gasteiger partial charge in [0.2, 0.25) is 5.91 Å². The molecule has 0 spiro atoms. The molecule has 0 saturated carbocycles. The summed E-state index contributed by atoms with van der Waals surface area (Å²) in [7, 11) is 1.28. The van der Waals surface area contributed by atoms with E-state index in [4.69, 9.17) is 15.3 Å². The normalized spacial score (nSPS) is 13.1. The zero-order valence-electron chi connectivity index (χ0n) is 20.8. The van der Waals surface area contributed by atoms with Gasteiger partial charge in [-0.05, 0) is 37.5 Å². The second-order valence-electron chi connectivity index (χ2n) is 7.84. The van der Waals surface area contributed by atoms with E-state index < -0.39 is 11.9 Å². The van der Waals surface area contributed by atoms with Gasteiger partial charge in [0.15, 0.2) is 5.17 Å². The van der Waals surface area contributed by atoms with Gasteiger partial charge in [-0.3, -0.25) is 4.79 Å². The molecule has 2 aromatic rings. The number of hydrogen-bond donors (Lipinski definition) is 2. The van der Waals surface area contributed by atoms with Crippen molar-refractivity contribution in [2.24, 2.45) is 10.9 Å². The van der Waals surface area contributed by atoms with Crippen LogP contribution in [0.1, 0.15) is 58.3 Å². The summed E-state index contributed by atoms with van der Waals surface area (Å²) >= 11 is 2.19. The molecule has 192 valence electrons. The first-order chi connectivity index (χ1) is 17.4. The van der Waals surface area contributed by atoms with E-state index in [1.165, 1.54) is 18.9 Å². The quantitative estimate of drug-likeness (QED) is 0.168. The Kier molecular flexibility index (Phi) is 9.54. The van der Waals surface area contributed by atoms with Crippen molar-refractivity contribution in [3.8, 4) is 0 Å². The molecule has 9 nitrogen and oxygen atoms in total. The summed E-state index contributed by atoms with van der Waals surface area (Å²) in [5.41, 5.74) is 3.91. The number of amides is 1. The number of nitrogens with one attached hydrogen (secondary N) is 1. The number of rotatable bonds is 8. The Balaban J connectivity index is 1.80. The molecular formula is C25H30N4O5S2. The molecule has 1 aromatic carbocycles. The number of carbonyl (C=O) groups is 3. The topological polar surface area (TPSA) is 123 Å². The highest BCUT2D eigenvalue weighted by atomic mass is 32.2. The van der Waals surface area contributed by atoms with Gasteiger partial charge in [-0.1, -0.05) is 49.4 Å².